The highest BCUT2D eigenvalue weighted by atomic mass is 79.9. The van der Waals surface area contributed by atoms with Crippen LogP contribution in [0.4, 0.5) is 5.69 Å². The summed E-state index contributed by atoms with van der Waals surface area (Å²) in [5, 5.41) is 5.65. The van der Waals surface area contributed by atoms with Crippen molar-refractivity contribution in [2.45, 2.75) is 13.3 Å². The normalized spacial score (nSPS) is 10.5. The van der Waals surface area contributed by atoms with Crippen molar-refractivity contribution in [1.82, 2.24) is 9.97 Å². The molecule has 0 unspecified atom stereocenters. The van der Waals surface area contributed by atoms with Gasteiger partial charge in [0, 0.05) is 21.7 Å². The number of aromatic nitrogens is 2. The highest BCUT2D eigenvalue weighted by Crippen LogP contribution is 2.23. The highest BCUT2D eigenvalue weighted by molar-refractivity contribution is 9.10. The molecule has 0 aliphatic carbocycles. The second kappa shape index (κ2) is 7.02. The van der Waals surface area contributed by atoms with Crippen LogP contribution in [0.1, 0.15) is 11.3 Å². The van der Waals surface area contributed by atoms with Gasteiger partial charge in [-0.05, 0) is 42.8 Å². The third-order valence-electron chi connectivity index (χ3n) is 3.24. The lowest BCUT2D eigenvalue weighted by Crippen LogP contribution is -2.15. The van der Waals surface area contributed by atoms with E-state index in [1.807, 2.05) is 48.7 Å². The molecule has 0 radical (unpaired) electrons. The van der Waals surface area contributed by atoms with Gasteiger partial charge in [-0.1, -0.05) is 22.0 Å². The minimum Gasteiger partial charge on any atom is -0.326 e. The lowest BCUT2D eigenvalue weighted by molar-refractivity contribution is -0.115. The van der Waals surface area contributed by atoms with Crippen LogP contribution < -0.4 is 5.32 Å². The highest BCUT2D eigenvalue weighted by Gasteiger charge is 2.11. The van der Waals surface area contributed by atoms with Crippen LogP contribution in [0, 0.1) is 6.92 Å². The minimum absolute atomic E-state index is 0.0757. The predicted molar refractivity (Wildman–Crippen MR) is 96.6 cm³/mol. The van der Waals surface area contributed by atoms with Crippen LogP contribution in [-0.2, 0) is 11.2 Å². The Labute approximate surface area is 146 Å². The number of hydrogen-bond donors (Lipinski definition) is 1. The summed E-state index contributed by atoms with van der Waals surface area (Å²) < 4.78 is 0.993. The second-order valence-electron chi connectivity index (χ2n) is 5.04. The Balaban J connectivity index is 1.68. The molecule has 1 aromatic carbocycles. The number of nitrogens with zero attached hydrogens (tertiary/aromatic N) is 2. The van der Waals surface area contributed by atoms with E-state index >= 15 is 0 Å². The van der Waals surface area contributed by atoms with Gasteiger partial charge < -0.3 is 5.32 Å². The Morgan fingerprint density at radius 1 is 1.30 bits per heavy atom. The van der Waals surface area contributed by atoms with Crippen LogP contribution in [0.25, 0.3) is 10.7 Å². The number of aryl methyl sites for hydroxylation is 1. The summed E-state index contributed by atoms with van der Waals surface area (Å²) in [6, 6.07) is 11.5. The van der Waals surface area contributed by atoms with Gasteiger partial charge in [0.2, 0.25) is 5.91 Å². The molecule has 0 saturated carbocycles. The Morgan fingerprint density at radius 3 is 2.91 bits per heavy atom. The smallest absolute Gasteiger partial charge is 0.230 e. The minimum atomic E-state index is -0.0757. The number of anilines is 1. The number of carbonyl (C=O) groups is 1. The van der Waals surface area contributed by atoms with Gasteiger partial charge in [0.25, 0.3) is 0 Å². The summed E-state index contributed by atoms with van der Waals surface area (Å²) >= 11 is 4.91. The molecule has 116 valence electrons. The third-order valence-corrected chi connectivity index (χ3v) is 4.65. The molecule has 1 N–H and O–H groups in total. The van der Waals surface area contributed by atoms with E-state index in [1.165, 1.54) is 11.3 Å². The molecule has 0 aliphatic rings. The zero-order valence-electron chi connectivity index (χ0n) is 12.4. The number of halogens is 1. The second-order valence-corrected chi connectivity index (χ2v) is 6.82. The average Bonchev–Trinajstić information content (AvgIpc) is 2.99. The number of amides is 1. The first-order chi connectivity index (χ1) is 11.1. The predicted octanol–water partition coefficient (Wildman–Crippen LogP) is 4.46. The van der Waals surface area contributed by atoms with Crippen LogP contribution in [0.3, 0.4) is 0 Å². The molecule has 0 fully saturated rings. The van der Waals surface area contributed by atoms with Crippen molar-refractivity contribution < 1.29 is 4.79 Å². The standard InChI is InChI=1S/C17H14BrN3OS/c1-11-8-12(18)5-6-14(11)21-16(22)9-13-10-23-17(20-13)15-4-2-3-7-19-15/h2-8,10H,9H2,1H3,(H,21,22). The monoisotopic (exact) mass is 387 g/mol. The maximum absolute atomic E-state index is 12.2. The summed E-state index contributed by atoms with van der Waals surface area (Å²) in [6.07, 6.45) is 1.98. The largest absolute Gasteiger partial charge is 0.326 e. The van der Waals surface area contributed by atoms with Gasteiger partial charge in [-0.3, -0.25) is 9.78 Å². The molecule has 3 rings (SSSR count). The number of carbonyl (C=O) groups excluding carboxylic acids is 1. The Hall–Kier alpha value is -2.05. The van der Waals surface area contributed by atoms with Gasteiger partial charge in [-0.2, -0.15) is 0 Å². The van der Waals surface area contributed by atoms with E-state index in [0.29, 0.717) is 0 Å². The zero-order valence-corrected chi connectivity index (χ0v) is 14.8. The van der Waals surface area contributed by atoms with Crippen LogP contribution in [-0.4, -0.2) is 15.9 Å². The Morgan fingerprint density at radius 2 is 2.17 bits per heavy atom. The number of hydrogen-bond acceptors (Lipinski definition) is 4. The summed E-state index contributed by atoms with van der Waals surface area (Å²) in [4.78, 5) is 20.9. The summed E-state index contributed by atoms with van der Waals surface area (Å²) in [5.41, 5.74) is 3.41. The van der Waals surface area contributed by atoms with E-state index in [0.717, 1.165) is 32.1 Å². The number of pyridine rings is 1. The average molecular weight is 388 g/mol. The van der Waals surface area contributed by atoms with Crippen molar-refractivity contribution in [3.8, 4) is 10.7 Å². The van der Waals surface area contributed by atoms with Crippen LogP contribution in [0.2, 0.25) is 0 Å². The topological polar surface area (TPSA) is 54.9 Å². The molecule has 3 aromatic rings. The maximum Gasteiger partial charge on any atom is 0.230 e. The number of rotatable bonds is 4. The van der Waals surface area contributed by atoms with E-state index in [9.17, 15) is 4.79 Å². The lowest BCUT2D eigenvalue weighted by atomic mass is 10.2. The summed E-state index contributed by atoms with van der Waals surface area (Å²) in [6.45, 7) is 1.96. The van der Waals surface area contributed by atoms with E-state index < -0.39 is 0 Å². The Bertz CT molecular complexity index is 833. The molecule has 2 heterocycles. The van der Waals surface area contributed by atoms with Gasteiger partial charge in [-0.25, -0.2) is 4.98 Å². The lowest BCUT2D eigenvalue weighted by Gasteiger charge is -2.07. The fraction of sp³-hybridized carbons (Fsp3) is 0.118. The fourth-order valence-corrected chi connectivity index (χ4v) is 3.39. The van der Waals surface area contributed by atoms with Crippen molar-refractivity contribution >= 4 is 38.9 Å². The van der Waals surface area contributed by atoms with Crippen LogP contribution >= 0.6 is 27.3 Å². The molecule has 2 aromatic heterocycles. The first-order valence-corrected chi connectivity index (χ1v) is 8.71. The summed E-state index contributed by atoms with van der Waals surface area (Å²) in [5.74, 6) is -0.0757. The van der Waals surface area contributed by atoms with Gasteiger partial charge in [0.1, 0.15) is 5.01 Å². The van der Waals surface area contributed by atoms with E-state index in [2.05, 4.69) is 31.2 Å². The quantitative estimate of drug-likeness (QED) is 0.718. The molecule has 6 heteroatoms. The molecule has 0 aliphatic heterocycles. The van der Waals surface area contributed by atoms with E-state index in [-0.39, 0.29) is 12.3 Å². The van der Waals surface area contributed by atoms with Gasteiger partial charge in [0.15, 0.2) is 0 Å². The zero-order chi connectivity index (χ0) is 16.2. The fourth-order valence-electron chi connectivity index (χ4n) is 2.12. The van der Waals surface area contributed by atoms with Crippen molar-refractivity contribution in [3.63, 3.8) is 0 Å². The summed E-state index contributed by atoms with van der Waals surface area (Å²) in [7, 11) is 0. The van der Waals surface area contributed by atoms with E-state index in [4.69, 9.17) is 0 Å². The Kier molecular flexibility index (Phi) is 4.83. The molecular formula is C17H14BrN3OS. The van der Waals surface area contributed by atoms with Crippen molar-refractivity contribution in [2.24, 2.45) is 0 Å². The van der Waals surface area contributed by atoms with Crippen LogP contribution in [0.5, 0.6) is 0 Å². The van der Waals surface area contributed by atoms with Crippen LogP contribution in [0.15, 0.2) is 52.4 Å². The molecule has 0 bridgehead atoms. The molecule has 0 saturated heterocycles. The molecule has 4 nitrogen and oxygen atoms in total. The first-order valence-electron chi connectivity index (χ1n) is 7.03. The SMILES string of the molecule is Cc1cc(Br)ccc1NC(=O)Cc1csc(-c2ccccn2)n1. The van der Waals surface area contributed by atoms with Crippen molar-refractivity contribution in [2.75, 3.05) is 5.32 Å². The molecule has 0 spiro atoms. The number of thiazole rings is 1. The van der Waals surface area contributed by atoms with E-state index in [1.54, 1.807) is 6.20 Å². The first kappa shape index (κ1) is 15.8. The third kappa shape index (κ3) is 4.03. The number of nitrogens with one attached hydrogen (secondary N) is 1. The maximum atomic E-state index is 12.2. The van der Waals surface area contributed by atoms with Gasteiger partial charge in [0.05, 0.1) is 17.8 Å². The van der Waals surface area contributed by atoms with Crippen molar-refractivity contribution in [1.29, 1.82) is 0 Å². The van der Waals surface area contributed by atoms with Gasteiger partial charge in [-0.15, -0.1) is 11.3 Å². The molecule has 1 amide bonds. The molecule has 23 heavy (non-hydrogen) atoms. The number of benzene rings is 1. The van der Waals surface area contributed by atoms with Gasteiger partial charge >= 0.3 is 0 Å². The molecular weight excluding hydrogens is 374 g/mol. The van der Waals surface area contributed by atoms with Crippen molar-refractivity contribution in [3.05, 3.63) is 63.7 Å². The molecule has 0 atom stereocenters.